The van der Waals surface area contributed by atoms with Crippen LogP contribution in [0.15, 0.2) is 91.1 Å². The lowest BCUT2D eigenvalue weighted by Gasteiger charge is -2.25. The highest BCUT2D eigenvalue weighted by Crippen LogP contribution is 2.20. The summed E-state index contributed by atoms with van der Waals surface area (Å²) in [5.74, 6) is -1.09. The van der Waals surface area contributed by atoms with Crippen molar-refractivity contribution in [2.45, 2.75) is 57.9 Å². The van der Waals surface area contributed by atoms with E-state index in [9.17, 15) is 14.4 Å². The van der Waals surface area contributed by atoms with E-state index in [1.165, 1.54) is 0 Å². The van der Waals surface area contributed by atoms with Gasteiger partial charge in [0, 0.05) is 29.9 Å². The molecule has 208 valence electrons. The van der Waals surface area contributed by atoms with Crippen LogP contribution in [0.2, 0.25) is 0 Å². The molecule has 0 spiro atoms. The average molecular weight is 542 g/mol. The van der Waals surface area contributed by atoms with Crippen LogP contribution in [0.4, 0.5) is 4.79 Å². The molecule has 0 unspecified atom stereocenters. The lowest BCUT2D eigenvalue weighted by atomic mass is 10.0. The largest absolute Gasteiger partial charge is 0.459 e. The molecule has 40 heavy (non-hydrogen) atoms. The van der Waals surface area contributed by atoms with Gasteiger partial charge in [-0.15, -0.1) is 0 Å². The van der Waals surface area contributed by atoms with E-state index in [1.54, 1.807) is 20.8 Å². The number of carbonyl (C=O) groups excluding carboxylic acids is 3. The molecule has 0 radical (unpaired) electrons. The molecule has 0 aliphatic carbocycles. The number of nitrogens with one attached hydrogen (secondary N) is 3. The number of para-hydroxylation sites is 1. The van der Waals surface area contributed by atoms with Gasteiger partial charge in [-0.2, -0.15) is 0 Å². The molecule has 8 heteroatoms. The normalized spacial score (nSPS) is 12.8. The molecule has 2 atom stereocenters. The van der Waals surface area contributed by atoms with Crippen molar-refractivity contribution in [3.05, 3.63) is 108 Å². The van der Waals surface area contributed by atoms with Crippen LogP contribution in [0, 0.1) is 0 Å². The van der Waals surface area contributed by atoms with Gasteiger partial charge in [-0.05, 0) is 43.5 Å². The summed E-state index contributed by atoms with van der Waals surface area (Å²) in [6.45, 7) is 5.32. The Bertz CT molecular complexity index is 1430. The second kappa shape index (κ2) is 13.0. The molecular formula is C32H35N3O5. The monoisotopic (exact) mass is 541 g/mol. The topological polar surface area (TPSA) is 110 Å². The number of esters is 1. The quantitative estimate of drug-likeness (QED) is 0.243. The molecule has 0 fully saturated rings. The van der Waals surface area contributed by atoms with Gasteiger partial charge in [0.15, 0.2) is 0 Å². The lowest BCUT2D eigenvalue weighted by Crippen LogP contribution is -2.54. The minimum atomic E-state index is -0.992. The average Bonchev–Trinajstić information content (AvgIpc) is 3.34. The third kappa shape index (κ3) is 8.20. The van der Waals surface area contributed by atoms with E-state index in [0.717, 1.165) is 27.6 Å². The molecule has 2 amide bonds. The van der Waals surface area contributed by atoms with Gasteiger partial charge >= 0.3 is 12.1 Å². The number of H-pyrrole nitrogens is 1. The van der Waals surface area contributed by atoms with Gasteiger partial charge in [0.2, 0.25) is 5.91 Å². The summed E-state index contributed by atoms with van der Waals surface area (Å²) in [4.78, 5) is 42.8. The van der Waals surface area contributed by atoms with Gasteiger partial charge in [-0.1, -0.05) is 78.9 Å². The summed E-state index contributed by atoms with van der Waals surface area (Å²) in [6.07, 6.45) is 1.52. The zero-order valence-corrected chi connectivity index (χ0v) is 23.0. The highest BCUT2D eigenvalue weighted by Gasteiger charge is 2.30. The predicted octanol–water partition coefficient (Wildman–Crippen LogP) is 5.07. The molecule has 0 bridgehead atoms. The molecule has 4 rings (SSSR count). The molecule has 0 saturated carbocycles. The molecule has 0 aliphatic heterocycles. The minimum Gasteiger partial charge on any atom is -0.459 e. The van der Waals surface area contributed by atoms with Crippen LogP contribution in [0.25, 0.3) is 10.9 Å². The van der Waals surface area contributed by atoms with Crippen molar-refractivity contribution in [2.75, 3.05) is 0 Å². The first-order valence-corrected chi connectivity index (χ1v) is 13.3. The van der Waals surface area contributed by atoms with Crippen molar-refractivity contribution in [1.82, 2.24) is 15.6 Å². The Labute approximate surface area is 234 Å². The number of rotatable bonds is 10. The van der Waals surface area contributed by atoms with Gasteiger partial charge in [-0.25, -0.2) is 9.59 Å². The van der Waals surface area contributed by atoms with Gasteiger partial charge < -0.3 is 25.1 Å². The van der Waals surface area contributed by atoms with Crippen LogP contribution in [-0.4, -0.2) is 40.6 Å². The molecule has 0 saturated heterocycles. The summed E-state index contributed by atoms with van der Waals surface area (Å²) >= 11 is 0. The van der Waals surface area contributed by atoms with E-state index in [4.69, 9.17) is 9.47 Å². The third-order valence-electron chi connectivity index (χ3n) is 6.21. The number of hydrogen-bond acceptors (Lipinski definition) is 5. The number of benzene rings is 3. The Morgan fingerprint density at radius 1 is 0.775 bits per heavy atom. The highest BCUT2D eigenvalue weighted by atomic mass is 16.6. The second-order valence-electron chi connectivity index (χ2n) is 10.6. The van der Waals surface area contributed by atoms with Crippen molar-refractivity contribution >= 4 is 28.9 Å². The Kier molecular flexibility index (Phi) is 9.22. The third-order valence-corrected chi connectivity index (χ3v) is 6.21. The zero-order valence-electron chi connectivity index (χ0n) is 23.0. The summed E-state index contributed by atoms with van der Waals surface area (Å²) < 4.78 is 11.0. The maximum atomic E-state index is 13.6. The van der Waals surface area contributed by atoms with Crippen LogP contribution in [0.3, 0.4) is 0 Å². The smallest absolute Gasteiger partial charge is 0.408 e. The Morgan fingerprint density at radius 2 is 1.40 bits per heavy atom. The summed E-state index contributed by atoms with van der Waals surface area (Å²) in [5, 5.41) is 6.48. The van der Waals surface area contributed by atoms with Gasteiger partial charge in [0.05, 0.1) is 0 Å². The zero-order chi connectivity index (χ0) is 28.5. The SMILES string of the molecule is CC(C)(C)OC(=O)N[C@@H](Cc1ccccc1)C(=O)N[C@@H](Cc1c[nH]c2ccccc12)C(=O)OCc1ccccc1. The van der Waals surface area contributed by atoms with Gasteiger partial charge in [0.25, 0.3) is 0 Å². The summed E-state index contributed by atoms with van der Waals surface area (Å²) in [7, 11) is 0. The van der Waals surface area contributed by atoms with Crippen LogP contribution in [0.1, 0.15) is 37.5 Å². The van der Waals surface area contributed by atoms with Crippen molar-refractivity contribution in [2.24, 2.45) is 0 Å². The Balaban J connectivity index is 1.55. The number of alkyl carbamates (subject to hydrolysis) is 1. The summed E-state index contributed by atoms with van der Waals surface area (Å²) in [5.41, 5.74) is 2.72. The fraction of sp³-hybridized carbons (Fsp3) is 0.281. The fourth-order valence-electron chi connectivity index (χ4n) is 4.32. The van der Waals surface area contributed by atoms with Crippen LogP contribution in [-0.2, 0) is 38.5 Å². The molecule has 0 aliphatic rings. The number of carbonyl (C=O) groups is 3. The first kappa shape index (κ1) is 28.4. The molecule has 1 heterocycles. The Morgan fingerprint density at radius 3 is 2.08 bits per heavy atom. The van der Waals surface area contributed by atoms with E-state index >= 15 is 0 Å². The van der Waals surface area contributed by atoms with Crippen molar-refractivity contribution < 1.29 is 23.9 Å². The van der Waals surface area contributed by atoms with E-state index in [2.05, 4.69) is 15.6 Å². The Hall–Kier alpha value is -4.59. The summed E-state index contributed by atoms with van der Waals surface area (Å²) in [6, 6.07) is 24.4. The lowest BCUT2D eigenvalue weighted by molar-refractivity contribution is -0.149. The maximum absolute atomic E-state index is 13.6. The first-order valence-electron chi connectivity index (χ1n) is 13.3. The second-order valence-corrected chi connectivity index (χ2v) is 10.6. The standard InChI is InChI=1S/C32H35N3O5/c1-32(2,3)40-31(38)35-27(18-22-12-6-4-7-13-22)29(36)34-28(30(37)39-21-23-14-8-5-9-15-23)19-24-20-33-26-17-11-10-16-25(24)26/h4-17,20,27-28,33H,18-19,21H2,1-3H3,(H,34,36)(H,35,38)/t27-,28-/m0/s1. The van der Waals surface area contributed by atoms with Crippen LogP contribution in [0.5, 0.6) is 0 Å². The molecule has 4 aromatic rings. The van der Waals surface area contributed by atoms with E-state index in [0.29, 0.717) is 0 Å². The van der Waals surface area contributed by atoms with Crippen LogP contribution < -0.4 is 10.6 Å². The predicted molar refractivity (Wildman–Crippen MR) is 153 cm³/mol. The highest BCUT2D eigenvalue weighted by molar-refractivity contribution is 5.91. The molecular weight excluding hydrogens is 506 g/mol. The first-order chi connectivity index (χ1) is 19.2. The molecule has 3 N–H and O–H groups in total. The number of amides is 2. The van der Waals surface area contributed by atoms with Crippen molar-refractivity contribution in [3.63, 3.8) is 0 Å². The number of aromatic amines is 1. The van der Waals surface area contributed by atoms with Crippen molar-refractivity contribution in [1.29, 1.82) is 0 Å². The number of ether oxygens (including phenoxy) is 2. The van der Waals surface area contributed by atoms with E-state index in [1.807, 2.05) is 91.1 Å². The molecule has 3 aromatic carbocycles. The number of aromatic nitrogens is 1. The minimum absolute atomic E-state index is 0.0729. The number of hydrogen-bond donors (Lipinski definition) is 3. The molecule has 8 nitrogen and oxygen atoms in total. The van der Waals surface area contributed by atoms with Gasteiger partial charge in [0.1, 0.15) is 24.3 Å². The maximum Gasteiger partial charge on any atom is 0.408 e. The van der Waals surface area contributed by atoms with E-state index < -0.39 is 35.7 Å². The number of fused-ring (bicyclic) bond motifs is 1. The van der Waals surface area contributed by atoms with Crippen LogP contribution >= 0.6 is 0 Å². The van der Waals surface area contributed by atoms with E-state index in [-0.39, 0.29) is 19.4 Å². The van der Waals surface area contributed by atoms with Crippen molar-refractivity contribution in [3.8, 4) is 0 Å². The van der Waals surface area contributed by atoms with Gasteiger partial charge in [-0.3, -0.25) is 4.79 Å². The fourth-order valence-corrected chi connectivity index (χ4v) is 4.32. The molecule has 1 aromatic heterocycles.